The molecule has 0 aromatic rings. The van der Waals surface area contributed by atoms with Crippen molar-refractivity contribution < 1.29 is 9.53 Å². The molecule has 0 aromatic heterocycles. The van der Waals surface area contributed by atoms with Crippen molar-refractivity contribution in [1.82, 2.24) is 0 Å². The molecule has 90 valence electrons. The molecule has 0 bridgehead atoms. The van der Waals surface area contributed by atoms with Crippen LogP contribution < -0.4 is 0 Å². The predicted octanol–water partition coefficient (Wildman–Crippen LogP) is 3.53. The highest BCUT2D eigenvalue weighted by Gasteiger charge is 2.40. The average Bonchev–Trinajstić information content (AvgIpc) is 2.53. The smallest absolute Gasteiger partial charge is 0.339 e. The third-order valence-corrected chi connectivity index (χ3v) is 3.89. The number of hydrogen-bond donors (Lipinski definition) is 0. The van der Waals surface area contributed by atoms with Crippen LogP contribution in [0.2, 0.25) is 0 Å². The Hall–Kier alpha value is -1.57. The van der Waals surface area contributed by atoms with Gasteiger partial charge in [-0.3, -0.25) is 0 Å². The largest absolute Gasteiger partial charge is 0.423 e. The Kier molecular flexibility index (Phi) is 2.61. The third kappa shape index (κ3) is 1.68. The van der Waals surface area contributed by atoms with Crippen molar-refractivity contribution in [3.8, 4) is 0 Å². The van der Waals surface area contributed by atoms with Gasteiger partial charge in [0.2, 0.25) is 0 Å². The molecule has 0 saturated carbocycles. The Morgan fingerprint density at radius 1 is 1.65 bits per heavy atom. The summed E-state index contributed by atoms with van der Waals surface area (Å²) < 4.78 is 5.27. The quantitative estimate of drug-likeness (QED) is 0.536. The van der Waals surface area contributed by atoms with Crippen LogP contribution in [-0.4, -0.2) is 5.97 Å². The van der Waals surface area contributed by atoms with E-state index in [-0.39, 0.29) is 17.3 Å². The van der Waals surface area contributed by atoms with E-state index in [0.717, 1.165) is 23.1 Å². The maximum atomic E-state index is 11.5. The predicted molar refractivity (Wildman–Crippen MR) is 68.1 cm³/mol. The van der Waals surface area contributed by atoms with Crippen LogP contribution in [0.1, 0.15) is 27.2 Å². The molecule has 0 radical (unpaired) electrons. The summed E-state index contributed by atoms with van der Waals surface area (Å²) in [6.07, 6.45) is 4.73. The molecule has 2 rings (SSSR count). The number of carbonyl (C=O) groups is 1. The first kappa shape index (κ1) is 11.9. The Morgan fingerprint density at radius 2 is 2.29 bits per heavy atom. The zero-order valence-electron chi connectivity index (χ0n) is 10.7. The maximum absolute atomic E-state index is 11.5. The molecule has 0 N–H and O–H groups in total. The first-order valence-corrected chi connectivity index (χ1v) is 5.83. The van der Waals surface area contributed by atoms with Crippen molar-refractivity contribution in [2.75, 3.05) is 0 Å². The maximum Gasteiger partial charge on any atom is 0.339 e. The molecule has 0 amide bonds. The molecular weight excluding hydrogens is 212 g/mol. The normalized spacial score (nSPS) is 31.8. The summed E-state index contributed by atoms with van der Waals surface area (Å²) in [5.41, 5.74) is 2.69. The van der Waals surface area contributed by atoms with Crippen LogP contribution >= 0.6 is 0 Å². The summed E-state index contributed by atoms with van der Waals surface area (Å²) in [4.78, 5) is 11.5. The Labute approximate surface area is 102 Å². The van der Waals surface area contributed by atoms with Crippen LogP contribution in [0.15, 0.2) is 47.8 Å². The van der Waals surface area contributed by atoms with Crippen LogP contribution in [0.4, 0.5) is 0 Å². The lowest BCUT2D eigenvalue weighted by molar-refractivity contribution is -0.133. The topological polar surface area (TPSA) is 26.3 Å². The average molecular weight is 230 g/mol. The number of carbonyl (C=O) groups excluding carboxylic acids is 1. The van der Waals surface area contributed by atoms with Crippen LogP contribution in [0, 0.1) is 11.3 Å². The summed E-state index contributed by atoms with van der Waals surface area (Å²) in [6, 6.07) is 0. The van der Waals surface area contributed by atoms with Crippen LogP contribution in [0.3, 0.4) is 0 Å². The molecule has 0 saturated heterocycles. The van der Waals surface area contributed by atoms with E-state index in [1.807, 2.05) is 26.0 Å². The second-order valence-electron chi connectivity index (χ2n) is 5.17. The van der Waals surface area contributed by atoms with Crippen LogP contribution in [-0.2, 0) is 9.53 Å². The zero-order chi connectivity index (χ0) is 12.8. The number of ether oxygens (including phenoxy) is 1. The molecule has 1 heterocycles. The summed E-state index contributed by atoms with van der Waals surface area (Å²) >= 11 is 0. The molecule has 2 nitrogen and oxygen atoms in total. The molecule has 17 heavy (non-hydrogen) atoms. The fourth-order valence-corrected chi connectivity index (χ4v) is 2.63. The number of fused-ring (bicyclic) bond motifs is 1. The van der Waals surface area contributed by atoms with E-state index in [0.29, 0.717) is 5.76 Å². The molecule has 2 unspecified atom stereocenters. The van der Waals surface area contributed by atoms with Gasteiger partial charge in [0.25, 0.3) is 0 Å². The molecule has 1 aliphatic carbocycles. The van der Waals surface area contributed by atoms with Gasteiger partial charge in [0.1, 0.15) is 5.76 Å². The summed E-state index contributed by atoms with van der Waals surface area (Å²) in [5, 5.41) is 0. The lowest BCUT2D eigenvalue weighted by Gasteiger charge is -2.37. The minimum atomic E-state index is -0.222. The Balaban J connectivity index is 2.54. The monoisotopic (exact) mass is 230 g/mol. The first-order valence-electron chi connectivity index (χ1n) is 5.83. The molecular formula is C15H18O2. The molecule has 0 spiro atoms. The standard InChI is InChI=1S/C15H18O2/c1-6-15(5)8-13-11(7-12(15)9(2)3)10(4)14(16)17-13/h6,8,12H,1-2,7H2,3-5H3. The van der Waals surface area contributed by atoms with E-state index < -0.39 is 0 Å². The van der Waals surface area contributed by atoms with Gasteiger partial charge >= 0.3 is 5.97 Å². The zero-order valence-corrected chi connectivity index (χ0v) is 10.7. The molecule has 1 aliphatic heterocycles. The SMILES string of the molecule is C=CC1(C)C=C2OC(=O)C(C)=C2CC1C(=C)C. The summed E-state index contributed by atoms with van der Waals surface area (Å²) in [5.74, 6) is 0.774. The minimum Gasteiger partial charge on any atom is -0.423 e. The van der Waals surface area contributed by atoms with E-state index in [1.165, 1.54) is 0 Å². The highest BCUT2D eigenvalue weighted by Crippen LogP contribution is 2.48. The summed E-state index contributed by atoms with van der Waals surface area (Å²) in [6.45, 7) is 13.9. The highest BCUT2D eigenvalue weighted by atomic mass is 16.5. The molecule has 2 aliphatic rings. The first-order chi connectivity index (χ1) is 7.89. The van der Waals surface area contributed by atoms with Crippen molar-refractivity contribution in [2.45, 2.75) is 27.2 Å². The number of esters is 1. The van der Waals surface area contributed by atoms with E-state index in [2.05, 4.69) is 20.1 Å². The van der Waals surface area contributed by atoms with E-state index >= 15 is 0 Å². The van der Waals surface area contributed by atoms with Crippen molar-refractivity contribution in [3.05, 3.63) is 47.8 Å². The van der Waals surface area contributed by atoms with E-state index in [9.17, 15) is 4.79 Å². The van der Waals surface area contributed by atoms with Gasteiger partial charge in [-0.2, -0.15) is 0 Å². The van der Waals surface area contributed by atoms with Crippen molar-refractivity contribution >= 4 is 5.97 Å². The number of rotatable bonds is 2. The second-order valence-corrected chi connectivity index (χ2v) is 5.17. The third-order valence-electron chi connectivity index (χ3n) is 3.89. The fraction of sp³-hybridized carbons (Fsp3) is 0.400. The Morgan fingerprint density at radius 3 is 2.82 bits per heavy atom. The van der Waals surface area contributed by atoms with E-state index in [4.69, 9.17) is 4.74 Å². The number of allylic oxidation sites excluding steroid dienone is 4. The highest BCUT2D eigenvalue weighted by molar-refractivity contribution is 5.94. The molecule has 2 atom stereocenters. The minimum absolute atomic E-state index is 0.185. The van der Waals surface area contributed by atoms with Crippen molar-refractivity contribution in [3.63, 3.8) is 0 Å². The second kappa shape index (κ2) is 3.73. The van der Waals surface area contributed by atoms with Gasteiger partial charge < -0.3 is 4.74 Å². The van der Waals surface area contributed by atoms with E-state index in [1.54, 1.807) is 0 Å². The van der Waals surface area contributed by atoms with Crippen LogP contribution in [0.25, 0.3) is 0 Å². The van der Waals surface area contributed by atoms with Gasteiger partial charge in [-0.25, -0.2) is 4.79 Å². The Bertz CT molecular complexity index is 479. The van der Waals surface area contributed by atoms with Crippen LogP contribution in [0.5, 0.6) is 0 Å². The number of hydrogen-bond acceptors (Lipinski definition) is 2. The van der Waals surface area contributed by atoms with Gasteiger partial charge in [0.05, 0.1) is 0 Å². The van der Waals surface area contributed by atoms with Gasteiger partial charge in [-0.05, 0) is 32.3 Å². The van der Waals surface area contributed by atoms with Gasteiger partial charge in [-0.15, -0.1) is 6.58 Å². The molecule has 2 heteroatoms. The lowest BCUT2D eigenvalue weighted by atomic mass is 9.67. The van der Waals surface area contributed by atoms with Gasteiger partial charge in [-0.1, -0.05) is 25.2 Å². The van der Waals surface area contributed by atoms with Crippen molar-refractivity contribution in [2.24, 2.45) is 11.3 Å². The fourth-order valence-electron chi connectivity index (χ4n) is 2.63. The summed E-state index contributed by atoms with van der Waals surface area (Å²) in [7, 11) is 0. The van der Waals surface area contributed by atoms with Gasteiger partial charge in [0.15, 0.2) is 0 Å². The lowest BCUT2D eigenvalue weighted by Crippen LogP contribution is -2.28. The molecule has 0 fully saturated rings. The van der Waals surface area contributed by atoms with Crippen molar-refractivity contribution in [1.29, 1.82) is 0 Å². The molecule has 0 aromatic carbocycles. The van der Waals surface area contributed by atoms with Gasteiger partial charge in [0, 0.05) is 16.6 Å².